The second kappa shape index (κ2) is 2.68. The van der Waals surface area contributed by atoms with Crippen LogP contribution in [0.5, 0.6) is 0 Å². The van der Waals surface area contributed by atoms with E-state index in [0.717, 1.165) is 12.1 Å². The third-order valence-corrected chi connectivity index (χ3v) is 2.12. The van der Waals surface area contributed by atoms with Crippen LogP contribution < -0.4 is 0 Å². The summed E-state index contributed by atoms with van der Waals surface area (Å²) in [4.78, 5) is 0. The molecule has 1 fully saturated rings. The second-order valence-electron chi connectivity index (χ2n) is 2.58. The van der Waals surface area contributed by atoms with E-state index in [1.807, 2.05) is 0 Å². The standard InChI is InChI=1S/C8H5ClF2O/c9-8-5(11)2-1-4(10)7(8)6-3-12-6/h1-2,6H,3H2/t6-/m1/s1. The SMILES string of the molecule is Fc1ccc(F)c([C@H]2CO2)c1Cl. The lowest BCUT2D eigenvalue weighted by Gasteiger charge is -2.02. The molecule has 1 aliphatic heterocycles. The minimum Gasteiger partial charge on any atom is -0.368 e. The maximum atomic E-state index is 13.0. The first kappa shape index (κ1) is 7.95. The highest BCUT2D eigenvalue weighted by Gasteiger charge is 2.31. The van der Waals surface area contributed by atoms with Gasteiger partial charge < -0.3 is 4.74 Å². The minimum absolute atomic E-state index is 0.136. The summed E-state index contributed by atoms with van der Waals surface area (Å²) in [6.45, 7) is 0.417. The van der Waals surface area contributed by atoms with Crippen LogP contribution in [-0.2, 0) is 4.74 Å². The molecule has 0 bridgehead atoms. The van der Waals surface area contributed by atoms with Crippen LogP contribution in [0.4, 0.5) is 8.78 Å². The largest absolute Gasteiger partial charge is 0.368 e. The lowest BCUT2D eigenvalue weighted by atomic mass is 10.1. The molecular weight excluding hydrogens is 186 g/mol. The number of benzene rings is 1. The predicted octanol–water partition coefficient (Wildman–Crippen LogP) is 2.69. The molecule has 1 aromatic rings. The maximum Gasteiger partial charge on any atom is 0.142 e. The molecule has 1 saturated heterocycles. The van der Waals surface area contributed by atoms with E-state index in [1.165, 1.54) is 0 Å². The fourth-order valence-electron chi connectivity index (χ4n) is 1.05. The molecule has 1 aromatic carbocycles. The number of hydrogen-bond donors (Lipinski definition) is 0. The van der Waals surface area contributed by atoms with Crippen LogP contribution in [0.25, 0.3) is 0 Å². The molecule has 0 spiro atoms. The molecule has 0 unspecified atom stereocenters. The molecule has 1 atom stereocenters. The highest BCUT2D eigenvalue weighted by atomic mass is 35.5. The van der Waals surface area contributed by atoms with Gasteiger partial charge in [-0.25, -0.2) is 8.78 Å². The van der Waals surface area contributed by atoms with E-state index < -0.39 is 11.6 Å². The van der Waals surface area contributed by atoms with Crippen molar-refractivity contribution >= 4 is 11.6 Å². The summed E-state index contributed by atoms with van der Waals surface area (Å²) in [7, 11) is 0. The number of halogens is 3. The highest BCUT2D eigenvalue weighted by Crippen LogP contribution is 2.37. The summed E-state index contributed by atoms with van der Waals surface area (Å²) >= 11 is 5.54. The van der Waals surface area contributed by atoms with Crippen LogP contribution in [0, 0.1) is 11.6 Å². The molecule has 0 saturated carbocycles. The molecule has 0 N–H and O–H groups in total. The van der Waals surface area contributed by atoms with Crippen molar-refractivity contribution in [3.05, 3.63) is 34.4 Å². The Bertz CT molecular complexity index is 323. The van der Waals surface area contributed by atoms with E-state index in [-0.39, 0.29) is 16.7 Å². The Morgan fingerprint density at radius 3 is 2.50 bits per heavy atom. The maximum absolute atomic E-state index is 13.0. The molecular formula is C8H5ClF2O. The van der Waals surface area contributed by atoms with Crippen LogP contribution >= 0.6 is 11.6 Å². The topological polar surface area (TPSA) is 12.5 Å². The molecule has 4 heteroatoms. The average Bonchev–Trinajstić information content (AvgIpc) is 2.81. The third-order valence-electron chi connectivity index (χ3n) is 1.73. The molecule has 12 heavy (non-hydrogen) atoms. The molecule has 0 aliphatic carbocycles. The van der Waals surface area contributed by atoms with Crippen LogP contribution in [0.15, 0.2) is 12.1 Å². The van der Waals surface area contributed by atoms with Crippen molar-refractivity contribution in [2.75, 3.05) is 6.61 Å². The van der Waals surface area contributed by atoms with Gasteiger partial charge in [-0.1, -0.05) is 11.6 Å². The lowest BCUT2D eigenvalue weighted by molar-refractivity contribution is 0.406. The van der Waals surface area contributed by atoms with Crippen molar-refractivity contribution in [2.45, 2.75) is 6.10 Å². The highest BCUT2D eigenvalue weighted by molar-refractivity contribution is 6.31. The molecule has 1 heterocycles. The number of epoxide rings is 1. The fraction of sp³-hybridized carbons (Fsp3) is 0.250. The van der Waals surface area contributed by atoms with Gasteiger partial charge in [0.25, 0.3) is 0 Å². The van der Waals surface area contributed by atoms with Gasteiger partial charge in [-0.05, 0) is 12.1 Å². The van der Waals surface area contributed by atoms with Gasteiger partial charge in [0.1, 0.15) is 17.7 Å². The van der Waals surface area contributed by atoms with Gasteiger partial charge in [0, 0.05) is 5.56 Å². The molecule has 0 amide bonds. The number of ether oxygens (including phenoxy) is 1. The van der Waals surface area contributed by atoms with Crippen LogP contribution in [0.3, 0.4) is 0 Å². The van der Waals surface area contributed by atoms with Crippen LogP contribution in [-0.4, -0.2) is 6.61 Å². The van der Waals surface area contributed by atoms with Crippen molar-refractivity contribution in [3.63, 3.8) is 0 Å². The van der Waals surface area contributed by atoms with Gasteiger partial charge in [-0.15, -0.1) is 0 Å². The summed E-state index contributed by atoms with van der Waals surface area (Å²) in [6, 6.07) is 2.06. The average molecular weight is 191 g/mol. The molecule has 2 rings (SSSR count). The summed E-state index contributed by atoms with van der Waals surface area (Å²) < 4.78 is 30.6. The van der Waals surface area contributed by atoms with E-state index >= 15 is 0 Å². The van der Waals surface area contributed by atoms with E-state index in [1.54, 1.807) is 0 Å². The molecule has 64 valence electrons. The zero-order valence-electron chi connectivity index (χ0n) is 5.98. The Hall–Kier alpha value is -0.670. The van der Waals surface area contributed by atoms with Gasteiger partial charge in [-0.2, -0.15) is 0 Å². The first-order valence-corrected chi connectivity index (χ1v) is 3.83. The van der Waals surface area contributed by atoms with Crippen LogP contribution in [0.2, 0.25) is 5.02 Å². The third kappa shape index (κ3) is 1.19. The Labute approximate surface area is 72.9 Å². The van der Waals surface area contributed by atoms with Crippen molar-refractivity contribution < 1.29 is 13.5 Å². The van der Waals surface area contributed by atoms with Crippen molar-refractivity contribution in [2.24, 2.45) is 0 Å². The quantitative estimate of drug-likeness (QED) is 0.490. The lowest BCUT2D eigenvalue weighted by Crippen LogP contribution is -1.92. The number of rotatable bonds is 1. The van der Waals surface area contributed by atoms with Gasteiger partial charge >= 0.3 is 0 Å². The van der Waals surface area contributed by atoms with Crippen molar-refractivity contribution in [1.29, 1.82) is 0 Å². The zero-order valence-corrected chi connectivity index (χ0v) is 6.74. The van der Waals surface area contributed by atoms with E-state index in [2.05, 4.69) is 0 Å². The van der Waals surface area contributed by atoms with Gasteiger partial charge in [-0.3, -0.25) is 0 Å². The summed E-state index contributed by atoms with van der Waals surface area (Å²) in [5, 5.41) is -0.169. The summed E-state index contributed by atoms with van der Waals surface area (Å²) in [6.07, 6.45) is -0.354. The first-order valence-electron chi connectivity index (χ1n) is 3.45. The van der Waals surface area contributed by atoms with Crippen LogP contribution in [0.1, 0.15) is 11.7 Å². The zero-order chi connectivity index (χ0) is 8.72. The van der Waals surface area contributed by atoms with E-state index in [0.29, 0.717) is 6.61 Å². The summed E-state index contributed by atoms with van der Waals surface area (Å²) in [5.74, 6) is -1.12. The smallest absolute Gasteiger partial charge is 0.142 e. The second-order valence-corrected chi connectivity index (χ2v) is 2.96. The Balaban J connectivity index is 2.55. The Kier molecular flexibility index (Phi) is 1.77. The monoisotopic (exact) mass is 190 g/mol. The Morgan fingerprint density at radius 2 is 1.92 bits per heavy atom. The first-order chi connectivity index (χ1) is 5.70. The normalized spacial score (nSPS) is 21.1. The fourth-order valence-corrected chi connectivity index (χ4v) is 1.33. The minimum atomic E-state index is -0.608. The van der Waals surface area contributed by atoms with E-state index in [9.17, 15) is 8.78 Å². The van der Waals surface area contributed by atoms with Gasteiger partial charge in [0.15, 0.2) is 0 Å². The Morgan fingerprint density at radius 1 is 1.33 bits per heavy atom. The number of hydrogen-bond acceptors (Lipinski definition) is 1. The van der Waals surface area contributed by atoms with E-state index in [4.69, 9.17) is 16.3 Å². The molecule has 1 aliphatic rings. The molecule has 0 aromatic heterocycles. The summed E-state index contributed by atoms with van der Waals surface area (Å²) in [5.41, 5.74) is 0.136. The van der Waals surface area contributed by atoms with Crippen molar-refractivity contribution in [1.82, 2.24) is 0 Å². The molecule has 1 nitrogen and oxygen atoms in total. The van der Waals surface area contributed by atoms with Gasteiger partial charge in [0.2, 0.25) is 0 Å². The molecule has 0 radical (unpaired) electrons. The predicted molar refractivity (Wildman–Crippen MR) is 40.1 cm³/mol. The van der Waals surface area contributed by atoms with Crippen molar-refractivity contribution in [3.8, 4) is 0 Å². The van der Waals surface area contributed by atoms with Gasteiger partial charge in [0.05, 0.1) is 11.6 Å².